The fourth-order valence-electron chi connectivity index (χ4n) is 1.01. The molecule has 16 heavy (non-hydrogen) atoms. The lowest BCUT2D eigenvalue weighted by atomic mass is 10.1. The van der Waals surface area contributed by atoms with Gasteiger partial charge in [-0.25, -0.2) is 0 Å². The summed E-state index contributed by atoms with van der Waals surface area (Å²) in [5, 5.41) is 9.81. The number of nitrogen functional groups attached to an aromatic ring is 1. The number of anilines is 1. The molecule has 0 aliphatic rings. The third-order valence-corrected chi connectivity index (χ3v) is 1.70. The summed E-state index contributed by atoms with van der Waals surface area (Å²) >= 11 is 0. The zero-order chi connectivity index (χ0) is 19.1. The lowest BCUT2D eigenvalue weighted by Crippen LogP contribution is -2.22. The van der Waals surface area contributed by atoms with Crippen molar-refractivity contribution in [2.75, 3.05) is 18.7 Å². The van der Waals surface area contributed by atoms with Crippen molar-refractivity contribution in [1.82, 2.24) is 4.90 Å². The van der Waals surface area contributed by atoms with E-state index in [1.165, 1.54) is 18.2 Å². The summed E-state index contributed by atoms with van der Waals surface area (Å²) in [5.74, 6) is -0.392. The van der Waals surface area contributed by atoms with Crippen LogP contribution in [-0.2, 0) is 6.54 Å². The summed E-state index contributed by atoms with van der Waals surface area (Å²) < 4.78 is 74.8. The molecule has 0 saturated carbocycles. The summed E-state index contributed by atoms with van der Waals surface area (Å²) in [4.78, 5) is 0.0640. The van der Waals surface area contributed by atoms with Crippen LogP contribution in [0.5, 0.6) is 5.75 Å². The first-order valence-corrected chi connectivity index (χ1v) is 3.87. The second kappa shape index (κ2) is 8.50. The van der Waals surface area contributed by atoms with Crippen molar-refractivity contribution < 1.29 is 18.8 Å². The van der Waals surface area contributed by atoms with Gasteiger partial charge < -0.3 is 10.8 Å². The predicted molar refractivity (Wildman–Crippen MR) is 73.6 cm³/mol. The van der Waals surface area contributed by atoms with Crippen molar-refractivity contribution in [2.24, 2.45) is 0 Å². The number of hydrogen-bond donors (Lipinski definition) is 2. The van der Waals surface area contributed by atoms with Gasteiger partial charge in [-0.05, 0) is 31.2 Å². The average molecular weight is 277 g/mol. The molecule has 0 heterocycles. The maximum atomic E-state index is 9.81. The van der Waals surface area contributed by atoms with Crippen LogP contribution in [0.15, 0.2) is 18.2 Å². The van der Waals surface area contributed by atoms with Gasteiger partial charge in [0.1, 0.15) is 5.75 Å². The summed E-state index contributed by atoms with van der Waals surface area (Å²) in [6, 6.07) is 3.69. The quantitative estimate of drug-likeness (QED) is 0.657. The van der Waals surface area contributed by atoms with Crippen LogP contribution in [0.3, 0.4) is 0 Å². The van der Waals surface area contributed by atoms with E-state index in [2.05, 4.69) is 0 Å². The van der Waals surface area contributed by atoms with Crippen LogP contribution in [-0.4, -0.2) is 23.0 Å². The molecule has 0 unspecified atom stereocenters. The highest BCUT2D eigenvalue weighted by Gasteiger charge is 2.05. The summed E-state index contributed by atoms with van der Waals surface area (Å²) in [7, 11) is 0. The van der Waals surface area contributed by atoms with Crippen molar-refractivity contribution >= 4 is 30.5 Å². The molecule has 1 aromatic rings. The third kappa shape index (κ3) is 4.92. The fraction of sp³-hybridized carbons (Fsp3) is 0.455. The van der Waals surface area contributed by atoms with Gasteiger partial charge in [0.05, 0.1) is 0 Å². The molecule has 0 aliphatic carbocycles. The molecule has 0 saturated heterocycles. The maximum absolute atomic E-state index is 9.81. The third-order valence-electron chi connectivity index (χ3n) is 1.70. The number of hydrogen-bond acceptors (Lipinski definition) is 3. The molecule has 94 valence electrons. The van der Waals surface area contributed by atoms with Crippen molar-refractivity contribution in [3.8, 4) is 5.75 Å². The van der Waals surface area contributed by atoms with E-state index in [0.717, 1.165) is 0 Å². The van der Waals surface area contributed by atoms with Crippen LogP contribution < -0.4 is 5.73 Å². The Kier molecular flexibility index (Phi) is 3.09. The first-order valence-electron chi connectivity index (χ1n) is 8.87. The molecule has 0 spiro atoms. The number of halogens is 2. The maximum Gasteiger partial charge on any atom is 0.120 e. The molecule has 3 N–H and O–H groups in total. The minimum absolute atomic E-state index is 0. The van der Waals surface area contributed by atoms with Gasteiger partial charge in [0.25, 0.3) is 0 Å². The van der Waals surface area contributed by atoms with Crippen LogP contribution in [0.1, 0.15) is 33.0 Å². The number of aromatic hydroxyl groups is 1. The smallest absolute Gasteiger partial charge is 0.120 e. The average Bonchev–Trinajstić information content (AvgIpc) is 2.36. The van der Waals surface area contributed by atoms with E-state index in [0.29, 0.717) is 0 Å². The molecule has 0 atom stereocenters. The summed E-state index contributed by atoms with van der Waals surface area (Å²) in [6.45, 7) is -14.1. The molecule has 0 bridgehead atoms. The van der Waals surface area contributed by atoms with Gasteiger partial charge >= 0.3 is 0 Å². The van der Waals surface area contributed by atoms with Crippen molar-refractivity contribution in [2.45, 2.75) is 20.2 Å². The first-order chi connectivity index (χ1) is 10.5. The molecule has 1 rings (SSSR count). The van der Waals surface area contributed by atoms with Crippen molar-refractivity contribution in [1.29, 1.82) is 0 Å². The molecule has 5 heteroatoms. The topological polar surface area (TPSA) is 49.5 Å². The van der Waals surface area contributed by atoms with Gasteiger partial charge in [0.15, 0.2) is 0 Å². The Bertz CT molecular complexity index is 580. The molecule has 1 aromatic carbocycles. The molecule has 0 radical (unpaired) electrons. The number of benzene rings is 1. The van der Waals surface area contributed by atoms with Crippen LogP contribution in [0.4, 0.5) is 5.69 Å². The summed E-state index contributed by atoms with van der Waals surface area (Å²) in [6.07, 6.45) is 0. The summed E-state index contributed by atoms with van der Waals surface area (Å²) in [5.41, 5.74) is 5.61. The second-order valence-corrected chi connectivity index (χ2v) is 2.70. The van der Waals surface area contributed by atoms with Crippen LogP contribution >= 0.6 is 24.8 Å². The molecule has 3 nitrogen and oxygen atoms in total. The highest BCUT2D eigenvalue weighted by Crippen LogP contribution is 2.21. The van der Waals surface area contributed by atoms with Gasteiger partial charge in [0.2, 0.25) is 0 Å². The molecule has 0 fully saturated rings. The molecule has 0 aromatic heterocycles. The Balaban J connectivity index is 0. The monoisotopic (exact) mass is 276 g/mol. The van der Waals surface area contributed by atoms with Gasteiger partial charge in [0, 0.05) is 31.5 Å². The van der Waals surface area contributed by atoms with Crippen LogP contribution in [0.25, 0.3) is 0 Å². The van der Waals surface area contributed by atoms with E-state index in [4.69, 9.17) is 19.4 Å². The Labute approximate surface area is 124 Å². The highest BCUT2D eigenvalue weighted by molar-refractivity contribution is 5.85. The Morgan fingerprint density at radius 3 is 2.56 bits per heavy atom. The highest BCUT2D eigenvalue weighted by atomic mass is 35.5. The number of nitrogens with two attached hydrogens (primary N) is 1. The zero-order valence-corrected chi connectivity index (χ0v) is 9.86. The number of rotatable bonds is 4. The van der Waals surface area contributed by atoms with Gasteiger partial charge in [-0.15, -0.1) is 24.8 Å². The van der Waals surface area contributed by atoms with Gasteiger partial charge in [-0.3, -0.25) is 4.90 Å². The van der Waals surface area contributed by atoms with Gasteiger partial charge in [-0.1, -0.05) is 13.7 Å². The normalized spacial score (nSPS) is 22.1. The zero-order valence-electron chi connectivity index (χ0n) is 18.2. The molecule has 0 amide bonds. The first kappa shape index (κ1) is 5.80. The predicted octanol–water partition coefficient (Wildman–Crippen LogP) is 2.66. The molecular weight excluding hydrogens is 247 g/mol. The van der Waals surface area contributed by atoms with E-state index >= 15 is 0 Å². The largest absolute Gasteiger partial charge is 0.508 e. The SMILES string of the molecule is Cl.Cl.[2H]C([2H])([2H])C([2H])([2H])N(Cc1cc(N)ccc1O)C([2H])([2H])C([2H])([2H])[2H]. The van der Waals surface area contributed by atoms with Crippen LogP contribution in [0, 0.1) is 0 Å². The van der Waals surface area contributed by atoms with E-state index < -0.39 is 39.0 Å². The van der Waals surface area contributed by atoms with E-state index in [1.54, 1.807) is 0 Å². The minimum Gasteiger partial charge on any atom is -0.508 e. The van der Waals surface area contributed by atoms with Crippen molar-refractivity contribution in [3.05, 3.63) is 23.8 Å². The molecule has 0 aliphatic heterocycles. The van der Waals surface area contributed by atoms with Crippen molar-refractivity contribution in [3.63, 3.8) is 0 Å². The van der Waals surface area contributed by atoms with E-state index in [1.807, 2.05) is 0 Å². The van der Waals surface area contributed by atoms with E-state index in [-0.39, 0.29) is 41.0 Å². The standard InChI is InChI=1S/C11H18N2O.2ClH/c1-3-13(4-2)8-9-7-10(12)5-6-11(9)14;;/h5-7,14H,3-4,8,12H2,1-2H3;2*1H/i1D3,2D3,3D2,4D2;;. The number of phenols is 1. The second-order valence-electron chi connectivity index (χ2n) is 2.70. The lowest BCUT2D eigenvalue weighted by Gasteiger charge is -2.18. The van der Waals surface area contributed by atoms with Gasteiger partial charge in [-0.2, -0.15) is 0 Å². The number of nitrogens with zero attached hydrogens (tertiary/aromatic N) is 1. The van der Waals surface area contributed by atoms with E-state index in [9.17, 15) is 5.11 Å². The minimum atomic E-state index is -3.33. The molecular formula is C11H20Cl2N2O. The number of phenolic OH excluding ortho intramolecular Hbond substituents is 1. The van der Waals surface area contributed by atoms with Crippen LogP contribution in [0.2, 0.25) is 0 Å². The fourth-order valence-corrected chi connectivity index (χ4v) is 1.01. The Morgan fingerprint density at radius 1 is 1.38 bits per heavy atom. The Hall–Kier alpha value is -0.640. The lowest BCUT2D eigenvalue weighted by molar-refractivity contribution is 0.291. The Morgan fingerprint density at radius 2 is 2.00 bits per heavy atom.